The third-order valence-corrected chi connectivity index (χ3v) is 3.40. The smallest absolute Gasteiger partial charge is 0.224 e. The zero-order valence-electron chi connectivity index (χ0n) is 12.0. The minimum atomic E-state index is -0.704. The molecular formula is C15H20ClF2NO. The Kier molecular flexibility index (Phi) is 5.93. The minimum Gasteiger partial charge on any atom is -0.353 e. The van der Waals surface area contributed by atoms with Gasteiger partial charge in [0.15, 0.2) is 0 Å². The number of benzene rings is 1. The van der Waals surface area contributed by atoms with Crippen LogP contribution in [-0.4, -0.2) is 17.8 Å². The fourth-order valence-corrected chi connectivity index (χ4v) is 2.16. The van der Waals surface area contributed by atoms with Crippen LogP contribution in [-0.2, 0) is 11.2 Å². The topological polar surface area (TPSA) is 29.1 Å². The van der Waals surface area contributed by atoms with E-state index in [1.54, 1.807) is 0 Å². The van der Waals surface area contributed by atoms with Gasteiger partial charge in [0.2, 0.25) is 5.91 Å². The summed E-state index contributed by atoms with van der Waals surface area (Å²) in [6.07, 6.45) is 0.296. The maximum absolute atomic E-state index is 13.5. The maximum Gasteiger partial charge on any atom is 0.224 e. The molecule has 112 valence electrons. The van der Waals surface area contributed by atoms with Crippen molar-refractivity contribution in [1.82, 2.24) is 5.32 Å². The summed E-state index contributed by atoms with van der Waals surface area (Å²) in [5.41, 5.74) is -0.373. The zero-order chi connectivity index (χ0) is 15.3. The highest BCUT2D eigenvalue weighted by Gasteiger charge is 2.26. The molecule has 1 rings (SSSR count). The molecule has 0 fully saturated rings. The molecular weight excluding hydrogens is 284 g/mol. The zero-order valence-corrected chi connectivity index (χ0v) is 12.7. The lowest BCUT2D eigenvalue weighted by Gasteiger charge is -2.31. The predicted molar refractivity (Wildman–Crippen MR) is 76.8 cm³/mol. The molecule has 0 saturated heterocycles. The van der Waals surface area contributed by atoms with Gasteiger partial charge < -0.3 is 5.32 Å². The summed E-state index contributed by atoms with van der Waals surface area (Å²) >= 11 is 5.73. The van der Waals surface area contributed by atoms with Crippen molar-refractivity contribution < 1.29 is 13.6 Å². The Balaban J connectivity index is 2.76. The number of rotatable bonds is 5. The van der Waals surface area contributed by atoms with E-state index in [0.717, 1.165) is 12.1 Å². The van der Waals surface area contributed by atoms with Crippen molar-refractivity contribution in [3.63, 3.8) is 0 Å². The van der Waals surface area contributed by atoms with Crippen LogP contribution in [0.3, 0.4) is 0 Å². The lowest BCUT2D eigenvalue weighted by molar-refractivity contribution is -0.122. The third kappa shape index (κ3) is 4.75. The average molecular weight is 304 g/mol. The van der Waals surface area contributed by atoms with E-state index >= 15 is 0 Å². The van der Waals surface area contributed by atoms with Gasteiger partial charge in [-0.25, -0.2) is 8.78 Å². The molecule has 0 bridgehead atoms. The van der Waals surface area contributed by atoms with E-state index in [1.165, 1.54) is 6.07 Å². The van der Waals surface area contributed by atoms with Crippen LogP contribution < -0.4 is 5.32 Å². The molecule has 1 N–H and O–H groups in total. The molecule has 0 aliphatic heterocycles. The Labute approximate surface area is 123 Å². The fourth-order valence-electron chi connectivity index (χ4n) is 1.94. The number of hydrogen-bond donors (Lipinski definition) is 1. The summed E-state index contributed by atoms with van der Waals surface area (Å²) in [7, 11) is 0. The number of carbonyl (C=O) groups excluding carboxylic acids is 1. The molecule has 0 saturated carbocycles. The lowest BCUT2D eigenvalue weighted by atomic mass is 9.85. The summed E-state index contributed by atoms with van der Waals surface area (Å²) in [4.78, 5) is 12.0. The molecule has 0 aliphatic carbocycles. The van der Waals surface area contributed by atoms with Crippen LogP contribution in [0.4, 0.5) is 8.78 Å². The van der Waals surface area contributed by atoms with Gasteiger partial charge >= 0.3 is 0 Å². The lowest BCUT2D eigenvalue weighted by Crippen LogP contribution is -2.44. The van der Waals surface area contributed by atoms with E-state index in [-0.39, 0.29) is 23.4 Å². The molecule has 1 atom stereocenters. The van der Waals surface area contributed by atoms with Crippen LogP contribution in [0.5, 0.6) is 0 Å². The number of alkyl halides is 1. The van der Waals surface area contributed by atoms with Crippen molar-refractivity contribution in [2.75, 3.05) is 5.88 Å². The molecule has 0 heterocycles. The summed E-state index contributed by atoms with van der Waals surface area (Å²) in [5, 5.41) is 2.80. The van der Waals surface area contributed by atoms with Crippen LogP contribution in [0.1, 0.15) is 32.8 Å². The molecule has 20 heavy (non-hydrogen) atoms. The van der Waals surface area contributed by atoms with Gasteiger partial charge in [0.25, 0.3) is 0 Å². The van der Waals surface area contributed by atoms with Crippen LogP contribution in [0.25, 0.3) is 0 Å². The first-order valence-electron chi connectivity index (χ1n) is 6.54. The predicted octanol–water partition coefficient (Wildman–Crippen LogP) is 3.67. The van der Waals surface area contributed by atoms with E-state index in [1.807, 2.05) is 20.8 Å². The number of nitrogens with one attached hydrogen (secondary N) is 1. The monoisotopic (exact) mass is 303 g/mol. The molecule has 0 aliphatic rings. The quantitative estimate of drug-likeness (QED) is 0.826. The molecule has 1 amide bonds. The van der Waals surface area contributed by atoms with Gasteiger partial charge in [-0.1, -0.05) is 26.8 Å². The van der Waals surface area contributed by atoms with E-state index in [0.29, 0.717) is 12.3 Å². The van der Waals surface area contributed by atoms with Crippen LogP contribution >= 0.6 is 11.6 Å². The summed E-state index contributed by atoms with van der Waals surface area (Å²) in [5.74, 6) is -1.40. The first-order chi connectivity index (χ1) is 9.25. The highest BCUT2D eigenvalue weighted by atomic mass is 35.5. The van der Waals surface area contributed by atoms with Crippen LogP contribution in [0, 0.1) is 17.0 Å². The first-order valence-corrected chi connectivity index (χ1v) is 7.07. The van der Waals surface area contributed by atoms with E-state index < -0.39 is 17.5 Å². The highest BCUT2D eigenvalue weighted by molar-refractivity contribution is 6.17. The van der Waals surface area contributed by atoms with Crippen molar-refractivity contribution in [3.8, 4) is 0 Å². The van der Waals surface area contributed by atoms with Gasteiger partial charge in [-0.3, -0.25) is 4.79 Å². The molecule has 1 unspecified atom stereocenters. The molecule has 0 aromatic heterocycles. The Morgan fingerprint density at radius 1 is 1.30 bits per heavy atom. The number of hydrogen-bond acceptors (Lipinski definition) is 1. The van der Waals surface area contributed by atoms with Crippen molar-refractivity contribution in [2.45, 2.75) is 39.7 Å². The number of amides is 1. The minimum absolute atomic E-state index is 0.137. The molecule has 1 aromatic carbocycles. The van der Waals surface area contributed by atoms with Crippen molar-refractivity contribution >= 4 is 17.5 Å². The normalized spacial score (nSPS) is 13.1. The van der Waals surface area contributed by atoms with Crippen molar-refractivity contribution in [3.05, 3.63) is 35.4 Å². The standard InChI is InChI=1S/C15H20ClF2NO/c1-15(2,3)13(7-8-16)19-14(20)9-10-11(17)5-4-6-12(10)18/h4-6,13H,7-9H2,1-3H3,(H,19,20). The summed E-state index contributed by atoms with van der Waals surface area (Å²) < 4.78 is 27.0. The SMILES string of the molecule is CC(C)(C)C(CCCl)NC(=O)Cc1c(F)cccc1F. The van der Waals surface area contributed by atoms with Gasteiger partial charge in [-0.05, 0) is 24.0 Å². The Morgan fingerprint density at radius 2 is 1.85 bits per heavy atom. The van der Waals surface area contributed by atoms with E-state index in [9.17, 15) is 13.6 Å². The molecule has 1 aromatic rings. The largest absolute Gasteiger partial charge is 0.353 e. The number of carbonyl (C=O) groups is 1. The third-order valence-electron chi connectivity index (χ3n) is 3.18. The van der Waals surface area contributed by atoms with Crippen LogP contribution in [0.2, 0.25) is 0 Å². The Morgan fingerprint density at radius 3 is 2.30 bits per heavy atom. The van der Waals surface area contributed by atoms with Crippen LogP contribution in [0.15, 0.2) is 18.2 Å². The molecule has 5 heteroatoms. The Bertz CT molecular complexity index is 451. The van der Waals surface area contributed by atoms with Gasteiger partial charge in [0, 0.05) is 17.5 Å². The maximum atomic E-state index is 13.5. The second kappa shape index (κ2) is 7.02. The van der Waals surface area contributed by atoms with Gasteiger partial charge in [-0.2, -0.15) is 0 Å². The molecule has 0 radical (unpaired) electrons. The summed E-state index contributed by atoms with van der Waals surface area (Å²) in [6.45, 7) is 5.94. The van der Waals surface area contributed by atoms with Gasteiger partial charge in [0.05, 0.1) is 6.42 Å². The molecule has 2 nitrogen and oxygen atoms in total. The Hall–Kier alpha value is -1.16. The average Bonchev–Trinajstić information content (AvgIpc) is 2.32. The van der Waals surface area contributed by atoms with E-state index in [4.69, 9.17) is 11.6 Å². The second-order valence-corrected chi connectivity index (χ2v) is 6.22. The fraction of sp³-hybridized carbons (Fsp3) is 0.533. The number of halogens is 3. The highest BCUT2D eigenvalue weighted by Crippen LogP contribution is 2.22. The van der Waals surface area contributed by atoms with Crippen molar-refractivity contribution in [1.29, 1.82) is 0 Å². The van der Waals surface area contributed by atoms with Crippen molar-refractivity contribution in [2.24, 2.45) is 5.41 Å². The summed E-state index contributed by atoms with van der Waals surface area (Å²) in [6, 6.07) is 3.43. The first kappa shape index (κ1) is 16.9. The van der Waals surface area contributed by atoms with Gasteiger partial charge in [-0.15, -0.1) is 11.6 Å². The van der Waals surface area contributed by atoms with Gasteiger partial charge in [0.1, 0.15) is 11.6 Å². The second-order valence-electron chi connectivity index (χ2n) is 5.84. The van der Waals surface area contributed by atoms with E-state index in [2.05, 4.69) is 5.32 Å². The molecule has 0 spiro atoms.